The molecule has 0 fully saturated rings. The van der Waals surface area contributed by atoms with Gasteiger partial charge in [-0.2, -0.15) is 4.98 Å². The molecule has 7 heteroatoms. The lowest BCUT2D eigenvalue weighted by atomic mass is 10.2. The first-order valence-electron chi connectivity index (χ1n) is 6.13. The maximum absolute atomic E-state index is 11.4. The molecule has 0 aliphatic rings. The minimum Gasteiger partial charge on any atom is -0.465 e. The van der Waals surface area contributed by atoms with Gasteiger partial charge >= 0.3 is 5.97 Å². The molecule has 0 radical (unpaired) electrons. The summed E-state index contributed by atoms with van der Waals surface area (Å²) in [5.41, 5.74) is 2.01. The van der Waals surface area contributed by atoms with Crippen LogP contribution in [0.5, 0.6) is 0 Å². The number of methoxy groups -OCH3 is 1. The van der Waals surface area contributed by atoms with Crippen LogP contribution < -0.4 is 5.32 Å². The zero-order valence-electron chi connectivity index (χ0n) is 11.1. The van der Waals surface area contributed by atoms with E-state index in [-0.39, 0.29) is 5.97 Å². The molecule has 1 aromatic carbocycles. The second-order valence-corrected chi connectivity index (χ2v) is 5.11. The fraction of sp³-hybridized carbons (Fsp3) is 0.0714. The van der Waals surface area contributed by atoms with Crippen LogP contribution in [0.3, 0.4) is 0 Å². The quantitative estimate of drug-likeness (QED) is 0.738. The number of nitrogens with zero attached hydrogens (tertiary/aromatic N) is 3. The van der Waals surface area contributed by atoms with Gasteiger partial charge in [0.25, 0.3) is 0 Å². The molecule has 0 aliphatic heterocycles. The van der Waals surface area contributed by atoms with Gasteiger partial charge in [0.05, 0.1) is 17.1 Å². The highest BCUT2D eigenvalue weighted by atomic mass is 79.9. The Labute approximate surface area is 128 Å². The molecule has 0 unspecified atom stereocenters. The van der Waals surface area contributed by atoms with Crippen molar-refractivity contribution in [2.45, 2.75) is 0 Å². The van der Waals surface area contributed by atoms with Gasteiger partial charge in [-0.15, -0.1) is 5.10 Å². The SMILES string of the molecule is COC(=O)c1ccc(Nc2nc3c(Br)cccn3n2)cc1. The number of ether oxygens (including phenoxy) is 1. The van der Waals surface area contributed by atoms with Crippen LogP contribution in [0.15, 0.2) is 47.1 Å². The molecular formula is C14H11BrN4O2. The summed E-state index contributed by atoms with van der Waals surface area (Å²) in [4.78, 5) is 15.7. The number of aromatic nitrogens is 3. The van der Waals surface area contributed by atoms with E-state index in [1.165, 1.54) is 7.11 Å². The highest BCUT2D eigenvalue weighted by Crippen LogP contribution is 2.19. The number of halogens is 1. The molecule has 0 amide bonds. The van der Waals surface area contributed by atoms with Gasteiger partial charge in [0.1, 0.15) is 0 Å². The Morgan fingerprint density at radius 2 is 2.05 bits per heavy atom. The number of carbonyl (C=O) groups excluding carboxylic acids is 1. The molecule has 0 bridgehead atoms. The lowest BCUT2D eigenvalue weighted by Crippen LogP contribution is -2.01. The lowest BCUT2D eigenvalue weighted by Gasteiger charge is -2.03. The molecule has 0 saturated heterocycles. The standard InChI is InChI=1S/C14H11BrN4O2/c1-21-13(20)9-4-6-10(7-5-9)16-14-17-12-11(15)3-2-8-19(12)18-14/h2-8H,1H3,(H,16,18). The first kappa shape index (κ1) is 13.6. The summed E-state index contributed by atoms with van der Waals surface area (Å²) in [5, 5.41) is 7.40. The molecule has 21 heavy (non-hydrogen) atoms. The van der Waals surface area contributed by atoms with Crippen LogP contribution in [-0.2, 0) is 4.74 Å². The number of esters is 1. The van der Waals surface area contributed by atoms with Crippen LogP contribution in [0, 0.1) is 0 Å². The number of pyridine rings is 1. The summed E-state index contributed by atoms with van der Waals surface area (Å²) in [6, 6.07) is 10.7. The molecule has 3 aromatic rings. The first-order valence-corrected chi connectivity index (χ1v) is 6.93. The number of anilines is 2. The topological polar surface area (TPSA) is 68.5 Å². The summed E-state index contributed by atoms with van der Waals surface area (Å²) < 4.78 is 7.20. The van der Waals surface area contributed by atoms with Crippen molar-refractivity contribution in [3.63, 3.8) is 0 Å². The second-order valence-electron chi connectivity index (χ2n) is 4.25. The third-order valence-corrected chi connectivity index (χ3v) is 3.50. The van der Waals surface area contributed by atoms with E-state index in [0.717, 1.165) is 15.8 Å². The Balaban J connectivity index is 1.85. The summed E-state index contributed by atoms with van der Waals surface area (Å²) in [6.07, 6.45) is 1.82. The van der Waals surface area contributed by atoms with Gasteiger partial charge in [-0.25, -0.2) is 9.31 Å². The molecule has 3 rings (SSSR count). The number of hydrogen-bond acceptors (Lipinski definition) is 5. The van der Waals surface area contributed by atoms with Crippen molar-refractivity contribution in [3.8, 4) is 0 Å². The predicted molar refractivity (Wildman–Crippen MR) is 81.8 cm³/mol. The molecular weight excluding hydrogens is 336 g/mol. The fourth-order valence-corrected chi connectivity index (χ4v) is 2.29. The van der Waals surface area contributed by atoms with Gasteiger partial charge < -0.3 is 10.1 Å². The molecule has 0 spiro atoms. The van der Waals surface area contributed by atoms with Gasteiger partial charge in [0, 0.05) is 11.9 Å². The van der Waals surface area contributed by atoms with Gasteiger partial charge in [-0.05, 0) is 52.3 Å². The third-order valence-electron chi connectivity index (χ3n) is 2.88. The van der Waals surface area contributed by atoms with Gasteiger partial charge in [0.2, 0.25) is 5.95 Å². The van der Waals surface area contributed by atoms with Crippen molar-refractivity contribution in [3.05, 3.63) is 52.6 Å². The highest BCUT2D eigenvalue weighted by molar-refractivity contribution is 9.10. The normalized spacial score (nSPS) is 10.6. The van der Waals surface area contributed by atoms with Gasteiger partial charge in [-0.3, -0.25) is 0 Å². The molecule has 0 aliphatic carbocycles. The van der Waals surface area contributed by atoms with Crippen LogP contribution in [0.1, 0.15) is 10.4 Å². The minimum absolute atomic E-state index is 0.365. The summed E-state index contributed by atoms with van der Waals surface area (Å²) in [5.74, 6) is 0.115. The maximum Gasteiger partial charge on any atom is 0.337 e. The fourth-order valence-electron chi connectivity index (χ4n) is 1.86. The van der Waals surface area contributed by atoms with Crippen LogP contribution in [0.2, 0.25) is 0 Å². The van der Waals surface area contributed by atoms with Gasteiger partial charge in [0.15, 0.2) is 5.65 Å². The van der Waals surface area contributed by atoms with Crippen molar-refractivity contribution < 1.29 is 9.53 Å². The Kier molecular flexibility index (Phi) is 3.57. The van der Waals surface area contributed by atoms with Crippen molar-refractivity contribution in [2.24, 2.45) is 0 Å². The number of fused-ring (bicyclic) bond motifs is 1. The average Bonchev–Trinajstić information content (AvgIpc) is 2.91. The summed E-state index contributed by atoms with van der Waals surface area (Å²) in [6.45, 7) is 0. The van der Waals surface area contributed by atoms with Crippen LogP contribution in [0.25, 0.3) is 5.65 Å². The monoisotopic (exact) mass is 346 g/mol. The average molecular weight is 347 g/mol. The highest BCUT2D eigenvalue weighted by Gasteiger charge is 2.08. The maximum atomic E-state index is 11.4. The molecule has 106 valence electrons. The second kappa shape index (κ2) is 5.53. The predicted octanol–water partition coefficient (Wildman–Crippen LogP) is 3.02. The van der Waals surface area contributed by atoms with Crippen molar-refractivity contribution in [1.29, 1.82) is 0 Å². The molecule has 0 saturated carbocycles. The van der Waals surface area contributed by atoms with Crippen LogP contribution in [-0.4, -0.2) is 27.7 Å². The Morgan fingerprint density at radius 1 is 1.29 bits per heavy atom. The zero-order valence-corrected chi connectivity index (χ0v) is 12.7. The third kappa shape index (κ3) is 2.73. The van der Waals surface area contributed by atoms with Crippen LogP contribution in [0.4, 0.5) is 11.6 Å². The summed E-state index contributed by atoms with van der Waals surface area (Å²) in [7, 11) is 1.35. The lowest BCUT2D eigenvalue weighted by molar-refractivity contribution is 0.0601. The molecule has 2 aromatic heterocycles. The molecule has 0 atom stereocenters. The Morgan fingerprint density at radius 3 is 2.71 bits per heavy atom. The van der Waals surface area contributed by atoms with E-state index in [0.29, 0.717) is 11.5 Å². The number of rotatable bonds is 3. The smallest absolute Gasteiger partial charge is 0.337 e. The number of hydrogen-bond donors (Lipinski definition) is 1. The molecule has 2 heterocycles. The van der Waals surface area contributed by atoms with Crippen molar-refractivity contribution in [1.82, 2.24) is 14.6 Å². The Hall–Kier alpha value is -2.41. The van der Waals surface area contributed by atoms with Crippen molar-refractivity contribution >= 4 is 39.2 Å². The van der Waals surface area contributed by atoms with Crippen LogP contribution >= 0.6 is 15.9 Å². The van der Waals surface area contributed by atoms with Crippen molar-refractivity contribution in [2.75, 3.05) is 12.4 Å². The summed E-state index contributed by atoms with van der Waals surface area (Å²) >= 11 is 3.43. The molecule has 1 N–H and O–H groups in total. The zero-order chi connectivity index (χ0) is 14.8. The Bertz CT molecular complexity index is 798. The largest absolute Gasteiger partial charge is 0.465 e. The first-order chi connectivity index (χ1) is 10.2. The van der Waals surface area contributed by atoms with E-state index in [4.69, 9.17) is 0 Å². The van der Waals surface area contributed by atoms with E-state index < -0.39 is 0 Å². The van der Waals surface area contributed by atoms with E-state index in [1.807, 2.05) is 18.3 Å². The molecule has 6 nitrogen and oxygen atoms in total. The van der Waals surface area contributed by atoms with E-state index in [9.17, 15) is 4.79 Å². The number of benzene rings is 1. The number of carbonyl (C=O) groups is 1. The van der Waals surface area contributed by atoms with E-state index in [1.54, 1.807) is 28.8 Å². The minimum atomic E-state index is -0.365. The number of nitrogens with one attached hydrogen (secondary N) is 1. The van der Waals surface area contributed by atoms with E-state index in [2.05, 4.69) is 36.1 Å². The van der Waals surface area contributed by atoms with Gasteiger partial charge in [-0.1, -0.05) is 0 Å². The van der Waals surface area contributed by atoms with E-state index >= 15 is 0 Å².